The highest BCUT2D eigenvalue weighted by atomic mass is 19.1. The normalized spacial score (nSPS) is 10.5. The molecule has 0 atom stereocenters. The molecule has 0 saturated carbocycles. The maximum Gasteiger partial charge on any atom is 0.358 e. The van der Waals surface area contributed by atoms with E-state index in [4.69, 9.17) is 10.5 Å². The molecule has 0 saturated heterocycles. The van der Waals surface area contributed by atoms with E-state index >= 15 is 0 Å². The Labute approximate surface area is 107 Å². The molecule has 0 aliphatic carbocycles. The molecule has 19 heavy (non-hydrogen) atoms. The van der Waals surface area contributed by atoms with E-state index in [1.54, 1.807) is 6.92 Å². The van der Waals surface area contributed by atoms with Gasteiger partial charge in [0, 0.05) is 12.1 Å². The van der Waals surface area contributed by atoms with Crippen molar-refractivity contribution in [2.75, 3.05) is 12.3 Å². The summed E-state index contributed by atoms with van der Waals surface area (Å²) < 4.78 is 32.2. The zero-order valence-electron chi connectivity index (χ0n) is 10.1. The van der Waals surface area contributed by atoms with E-state index in [9.17, 15) is 13.6 Å². The first kappa shape index (κ1) is 13.0. The van der Waals surface area contributed by atoms with E-state index in [2.05, 4.69) is 5.10 Å². The Hall–Kier alpha value is -2.44. The maximum absolute atomic E-state index is 13.6. The van der Waals surface area contributed by atoms with E-state index in [1.165, 1.54) is 12.1 Å². The molecule has 0 spiro atoms. The average molecular weight is 267 g/mol. The van der Waals surface area contributed by atoms with Crippen LogP contribution in [0.5, 0.6) is 0 Å². The Balaban J connectivity index is 2.43. The lowest BCUT2D eigenvalue weighted by molar-refractivity contribution is 0.0519. The molecule has 2 N–H and O–H groups in total. The van der Waals surface area contributed by atoms with Crippen molar-refractivity contribution in [2.24, 2.45) is 0 Å². The largest absolute Gasteiger partial charge is 0.461 e. The fourth-order valence-electron chi connectivity index (χ4n) is 1.55. The topological polar surface area (TPSA) is 70.1 Å². The molecule has 0 fully saturated rings. The Morgan fingerprint density at radius 3 is 2.79 bits per heavy atom. The van der Waals surface area contributed by atoms with Crippen molar-refractivity contribution in [3.8, 4) is 5.69 Å². The van der Waals surface area contributed by atoms with Crippen molar-refractivity contribution in [1.82, 2.24) is 9.78 Å². The molecule has 100 valence electrons. The van der Waals surface area contributed by atoms with Crippen LogP contribution >= 0.6 is 0 Å². The fraction of sp³-hybridized carbons (Fsp3) is 0.167. The van der Waals surface area contributed by atoms with Gasteiger partial charge in [-0.3, -0.25) is 0 Å². The lowest BCUT2D eigenvalue weighted by Crippen LogP contribution is -2.08. The first-order valence-corrected chi connectivity index (χ1v) is 5.51. The lowest BCUT2D eigenvalue weighted by atomic mass is 10.3. The van der Waals surface area contributed by atoms with Crippen LogP contribution in [0.4, 0.5) is 14.6 Å². The van der Waals surface area contributed by atoms with Crippen LogP contribution in [-0.2, 0) is 4.74 Å². The zero-order valence-corrected chi connectivity index (χ0v) is 10.1. The minimum absolute atomic E-state index is 0.0388. The number of hydrogen-bond donors (Lipinski definition) is 1. The second-order valence-corrected chi connectivity index (χ2v) is 3.68. The third-order valence-corrected chi connectivity index (χ3v) is 2.36. The monoisotopic (exact) mass is 267 g/mol. The molecule has 0 radical (unpaired) electrons. The van der Waals surface area contributed by atoms with Gasteiger partial charge in [-0.2, -0.15) is 5.10 Å². The van der Waals surface area contributed by atoms with Gasteiger partial charge in [-0.15, -0.1) is 0 Å². The highest BCUT2D eigenvalue weighted by molar-refractivity contribution is 5.88. The van der Waals surface area contributed by atoms with Gasteiger partial charge < -0.3 is 10.5 Å². The Bertz CT molecular complexity index is 625. The van der Waals surface area contributed by atoms with Gasteiger partial charge >= 0.3 is 5.97 Å². The fourth-order valence-corrected chi connectivity index (χ4v) is 1.55. The van der Waals surface area contributed by atoms with Gasteiger partial charge in [-0.1, -0.05) is 0 Å². The van der Waals surface area contributed by atoms with E-state index in [0.717, 1.165) is 10.7 Å². The molecule has 0 amide bonds. The molecule has 1 heterocycles. The van der Waals surface area contributed by atoms with Crippen molar-refractivity contribution in [3.05, 3.63) is 41.6 Å². The number of nitrogen functional groups attached to an aromatic ring is 1. The molecule has 5 nitrogen and oxygen atoms in total. The number of carbonyl (C=O) groups excluding carboxylic acids is 1. The molecule has 0 aliphatic heterocycles. The molecule has 2 aromatic rings. The minimum Gasteiger partial charge on any atom is -0.461 e. The molecule has 1 aromatic carbocycles. The van der Waals surface area contributed by atoms with Crippen LogP contribution in [0, 0.1) is 11.6 Å². The maximum atomic E-state index is 13.6. The Morgan fingerprint density at radius 1 is 1.42 bits per heavy atom. The van der Waals surface area contributed by atoms with Crippen LogP contribution in [0.15, 0.2) is 24.3 Å². The standard InChI is InChI=1S/C12H11F2N3O2/c1-2-19-12(18)9-6-11(15)17(16-9)10-4-3-7(13)5-8(10)14/h3-6H,2,15H2,1H3. The number of anilines is 1. The van der Waals surface area contributed by atoms with Crippen LogP contribution < -0.4 is 5.73 Å². The first-order valence-electron chi connectivity index (χ1n) is 5.51. The summed E-state index contributed by atoms with van der Waals surface area (Å²) in [5.41, 5.74) is 5.56. The number of esters is 1. The second-order valence-electron chi connectivity index (χ2n) is 3.68. The van der Waals surface area contributed by atoms with Gasteiger partial charge in [0.25, 0.3) is 0 Å². The van der Waals surface area contributed by atoms with Crippen LogP contribution in [-0.4, -0.2) is 22.4 Å². The number of ether oxygens (including phenoxy) is 1. The third-order valence-electron chi connectivity index (χ3n) is 2.36. The average Bonchev–Trinajstić information content (AvgIpc) is 2.72. The van der Waals surface area contributed by atoms with Crippen LogP contribution in [0.25, 0.3) is 5.69 Å². The summed E-state index contributed by atoms with van der Waals surface area (Å²) >= 11 is 0. The summed E-state index contributed by atoms with van der Waals surface area (Å²) in [7, 11) is 0. The molecule has 2 rings (SSSR count). The molecular formula is C12H11F2N3O2. The van der Waals surface area contributed by atoms with E-state index in [-0.39, 0.29) is 23.8 Å². The van der Waals surface area contributed by atoms with Gasteiger partial charge in [-0.25, -0.2) is 18.3 Å². The highest BCUT2D eigenvalue weighted by Gasteiger charge is 2.16. The van der Waals surface area contributed by atoms with E-state index in [0.29, 0.717) is 6.07 Å². The molecule has 0 bridgehead atoms. The SMILES string of the molecule is CCOC(=O)c1cc(N)n(-c2ccc(F)cc2F)n1. The number of nitrogens with zero attached hydrogens (tertiary/aromatic N) is 2. The number of benzene rings is 1. The summed E-state index contributed by atoms with van der Waals surface area (Å²) in [6.07, 6.45) is 0. The summed E-state index contributed by atoms with van der Waals surface area (Å²) in [4.78, 5) is 11.5. The number of aromatic nitrogens is 2. The van der Waals surface area contributed by atoms with E-state index in [1.807, 2.05) is 0 Å². The predicted octanol–water partition coefficient (Wildman–Crippen LogP) is 1.91. The molecular weight excluding hydrogens is 256 g/mol. The van der Waals surface area contributed by atoms with Crippen molar-refractivity contribution < 1.29 is 18.3 Å². The quantitative estimate of drug-likeness (QED) is 0.862. The van der Waals surface area contributed by atoms with Crippen molar-refractivity contribution >= 4 is 11.8 Å². The highest BCUT2D eigenvalue weighted by Crippen LogP contribution is 2.19. The minimum atomic E-state index is -0.829. The molecule has 0 aliphatic rings. The van der Waals surface area contributed by atoms with Crippen molar-refractivity contribution in [1.29, 1.82) is 0 Å². The summed E-state index contributed by atoms with van der Waals surface area (Å²) in [6, 6.07) is 4.23. The van der Waals surface area contributed by atoms with Gasteiger partial charge in [-0.05, 0) is 19.1 Å². The van der Waals surface area contributed by atoms with Gasteiger partial charge in [0.15, 0.2) is 11.5 Å². The third kappa shape index (κ3) is 2.54. The first-order chi connectivity index (χ1) is 9.02. The summed E-state index contributed by atoms with van der Waals surface area (Å²) in [5.74, 6) is -2.15. The van der Waals surface area contributed by atoms with Crippen molar-refractivity contribution in [3.63, 3.8) is 0 Å². The second kappa shape index (κ2) is 5.05. The van der Waals surface area contributed by atoms with Crippen molar-refractivity contribution in [2.45, 2.75) is 6.92 Å². The molecule has 7 heteroatoms. The van der Waals surface area contributed by atoms with Gasteiger partial charge in [0.1, 0.15) is 17.3 Å². The smallest absolute Gasteiger partial charge is 0.358 e. The number of rotatable bonds is 3. The lowest BCUT2D eigenvalue weighted by Gasteiger charge is -2.05. The Morgan fingerprint density at radius 2 is 2.16 bits per heavy atom. The zero-order chi connectivity index (χ0) is 14.0. The van der Waals surface area contributed by atoms with E-state index < -0.39 is 17.6 Å². The van der Waals surface area contributed by atoms with Gasteiger partial charge in [0.2, 0.25) is 0 Å². The van der Waals surface area contributed by atoms with Crippen LogP contribution in [0.2, 0.25) is 0 Å². The number of carbonyl (C=O) groups is 1. The van der Waals surface area contributed by atoms with Crippen LogP contribution in [0.3, 0.4) is 0 Å². The Kier molecular flexibility index (Phi) is 3.46. The van der Waals surface area contributed by atoms with Crippen LogP contribution in [0.1, 0.15) is 17.4 Å². The number of nitrogens with two attached hydrogens (primary N) is 1. The van der Waals surface area contributed by atoms with Gasteiger partial charge in [0.05, 0.1) is 6.61 Å². The molecule has 0 unspecified atom stereocenters. The number of halogens is 2. The molecule has 1 aromatic heterocycles. The number of hydrogen-bond acceptors (Lipinski definition) is 4. The summed E-state index contributed by atoms with van der Waals surface area (Å²) in [6.45, 7) is 1.84. The summed E-state index contributed by atoms with van der Waals surface area (Å²) in [5, 5.41) is 3.84. The predicted molar refractivity (Wildman–Crippen MR) is 63.8 cm³/mol.